The van der Waals surface area contributed by atoms with Crippen molar-refractivity contribution in [3.63, 3.8) is 0 Å². The van der Waals surface area contributed by atoms with Crippen LogP contribution in [0.1, 0.15) is 19.8 Å². The molecule has 0 radical (unpaired) electrons. The lowest BCUT2D eigenvalue weighted by molar-refractivity contribution is 0.0414. The summed E-state index contributed by atoms with van der Waals surface area (Å²) in [6.07, 6.45) is 5.63. The van der Waals surface area contributed by atoms with Crippen LogP contribution in [0, 0.1) is 11.8 Å². The highest BCUT2D eigenvalue weighted by molar-refractivity contribution is 7.48. The fourth-order valence-electron chi connectivity index (χ4n) is 2.34. The summed E-state index contributed by atoms with van der Waals surface area (Å²) in [6, 6.07) is 0. The first kappa shape index (κ1) is 11.8. The Morgan fingerprint density at radius 3 is 3.18 bits per heavy atom. The maximum atomic E-state index is 12.2. The zero-order valence-corrected chi connectivity index (χ0v) is 11.1. The van der Waals surface area contributed by atoms with Gasteiger partial charge in [0.15, 0.2) is 0 Å². The molecule has 17 heavy (non-hydrogen) atoms. The standard InChI is InChI=1S/C11H14ClO4P/c1-7-5-6-14-17(13,15-7)16-11-9-4-2-3-8(9)10(11)12/h2-3,7-9H,4-6H2,1H3. The molecule has 0 amide bonds. The molecule has 4 unspecified atom stereocenters. The average molecular weight is 277 g/mol. The molecule has 4 nitrogen and oxygen atoms in total. The molecule has 3 aliphatic rings. The number of rotatable bonds is 2. The molecule has 0 saturated carbocycles. The Morgan fingerprint density at radius 2 is 2.41 bits per heavy atom. The zero-order valence-electron chi connectivity index (χ0n) is 9.47. The number of fused-ring (bicyclic) bond motifs is 1. The normalized spacial score (nSPS) is 44.5. The molecule has 94 valence electrons. The van der Waals surface area contributed by atoms with E-state index in [1.54, 1.807) is 0 Å². The second-order valence-corrected chi connectivity index (χ2v) is 6.54. The van der Waals surface area contributed by atoms with E-state index >= 15 is 0 Å². The summed E-state index contributed by atoms with van der Waals surface area (Å²) in [5, 5.41) is 0.629. The molecular weight excluding hydrogens is 263 g/mol. The Morgan fingerprint density at radius 1 is 1.59 bits per heavy atom. The maximum absolute atomic E-state index is 12.2. The van der Waals surface area contributed by atoms with Gasteiger partial charge in [-0.2, -0.15) is 0 Å². The molecule has 0 aromatic rings. The van der Waals surface area contributed by atoms with Crippen LogP contribution in [0.25, 0.3) is 0 Å². The quantitative estimate of drug-likeness (QED) is 0.571. The molecule has 3 rings (SSSR count). The summed E-state index contributed by atoms with van der Waals surface area (Å²) in [4.78, 5) is 0. The monoisotopic (exact) mass is 276 g/mol. The highest BCUT2D eigenvalue weighted by Crippen LogP contribution is 2.61. The van der Waals surface area contributed by atoms with E-state index in [-0.39, 0.29) is 17.9 Å². The molecule has 1 fully saturated rings. The fourth-order valence-corrected chi connectivity index (χ4v) is 4.31. The molecule has 0 N–H and O–H groups in total. The van der Waals surface area contributed by atoms with Gasteiger partial charge >= 0.3 is 7.82 Å². The summed E-state index contributed by atoms with van der Waals surface area (Å²) in [5.41, 5.74) is 0. The number of halogens is 1. The van der Waals surface area contributed by atoms with E-state index in [0.717, 1.165) is 12.8 Å². The Labute approximate surface area is 105 Å². The minimum Gasteiger partial charge on any atom is -0.407 e. The van der Waals surface area contributed by atoms with E-state index < -0.39 is 7.82 Å². The van der Waals surface area contributed by atoms with Gasteiger partial charge in [0.1, 0.15) is 5.76 Å². The number of phosphoric ester groups is 1. The molecule has 1 aliphatic heterocycles. The predicted molar refractivity (Wildman–Crippen MR) is 63.4 cm³/mol. The van der Waals surface area contributed by atoms with E-state index in [2.05, 4.69) is 12.2 Å². The Kier molecular flexibility index (Phi) is 2.86. The van der Waals surface area contributed by atoms with Crippen LogP contribution in [0.4, 0.5) is 0 Å². The van der Waals surface area contributed by atoms with Crippen LogP contribution in [-0.2, 0) is 18.1 Å². The third kappa shape index (κ3) is 1.97. The third-order valence-electron chi connectivity index (χ3n) is 3.32. The van der Waals surface area contributed by atoms with Crippen molar-refractivity contribution in [3.05, 3.63) is 22.9 Å². The number of allylic oxidation sites excluding steroid dienone is 4. The van der Waals surface area contributed by atoms with Crippen LogP contribution >= 0.6 is 19.4 Å². The van der Waals surface area contributed by atoms with Gasteiger partial charge in [0.25, 0.3) is 0 Å². The Hall–Kier alpha value is -0.280. The van der Waals surface area contributed by atoms with Crippen molar-refractivity contribution < 1.29 is 18.1 Å². The summed E-state index contributed by atoms with van der Waals surface area (Å²) >= 11 is 6.10. The minimum absolute atomic E-state index is 0.105. The second-order valence-electron chi connectivity index (χ2n) is 4.58. The van der Waals surface area contributed by atoms with Crippen molar-refractivity contribution >= 4 is 19.4 Å². The van der Waals surface area contributed by atoms with Crippen molar-refractivity contribution in [2.45, 2.75) is 25.9 Å². The zero-order chi connectivity index (χ0) is 12.0. The van der Waals surface area contributed by atoms with Crippen molar-refractivity contribution in [2.75, 3.05) is 6.61 Å². The van der Waals surface area contributed by atoms with Crippen molar-refractivity contribution in [1.82, 2.24) is 0 Å². The predicted octanol–water partition coefficient (Wildman–Crippen LogP) is 3.59. The summed E-state index contributed by atoms with van der Waals surface area (Å²) < 4.78 is 28.0. The summed E-state index contributed by atoms with van der Waals surface area (Å²) in [7, 11) is -3.45. The SMILES string of the molecule is CC1CCOP(=O)(OC2=C(Cl)C3C=CCC23)O1. The van der Waals surface area contributed by atoms with Crippen molar-refractivity contribution in [3.8, 4) is 0 Å². The van der Waals surface area contributed by atoms with Crippen molar-refractivity contribution in [2.24, 2.45) is 11.8 Å². The first-order valence-electron chi connectivity index (χ1n) is 5.78. The lowest BCUT2D eigenvalue weighted by Crippen LogP contribution is -2.27. The molecular formula is C11H14ClO4P. The smallest absolute Gasteiger partial charge is 0.407 e. The lowest BCUT2D eigenvalue weighted by Gasteiger charge is -2.36. The van der Waals surface area contributed by atoms with Gasteiger partial charge < -0.3 is 4.52 Å². The van der Waals surface area contributed by atoms with Crippen molar-refractivity contribution in [1.29, 1.82) is 0 Å². The molecule has 4 atom stereocenters. The summed E-state index contributed by atoms with van der Waals surface area (Å²) in [5.74, 6) is 1.04. The number of hydrogen-bond acceptors (Lipinski definition) is 4. The minimum atomic E-state index is -3.45. The van der Waals surface area contributed by atoms with Gasteiger partial charge in [-0.25, -0.2) is 4.57 Å². The lowest BCUT2D eigenvalue weighted by atomic mass is 9.82. The largest absolute Gasteiger partial charge is 0.530 e. The van der Waals surface area contributed by atoms with Crippen LogP contribution in [-0.4, -0.2) is 12.7 Å². The van der Waals surface area contributed by atoms with Crippen LogP contribution in [0.3, 0.4) is 0 Å². The molecule has 0 spiro atoms. The molecule has 6 heteroatoms. The van der Waals surface area contributed by atoms with Crippen LogP contribution in [0.5, 0.6) is 0 Å². The average Bonchev–Trinajstić information content (AvgIpc) is 2.70. The van der Waals surface area contributed by atoms with Gasteiger partial charge in [-0.05, 0) is 19.8 Å². The summed E-state index contributed by atoms with van der Waals surface area (Å²) in [6.45, 7) is 2.25. The van der Waals surface area contributed by atoms with Crippen LogP contribution < -0.4 is 0 Å². The Balaban J connectivity index is 1.74. The van der Waals surface area contributed by atoms with Crippen LogP contribution in [0.15, 0.2) is 22.9 Å². The molecule has 1 heterocycles. The van der Waals surface area contributed by atoms with Gasteiger partial charge in [-0.3, -0.25) is 9.05 Å². The molecule has 2 aliphatic carbocycles. The first-order chi connectivity index (χ1) is 8.09. The van der Waals surface area contributed by atoms with Gasteiger partial charge in [-0.1, -0.05) is 23.8 Å². The number of hydrogen-bond donors (Lipinski definition) is 0. The highest BCUT2D eigenvalue weighted by Gasteiger charge is 2.46. The number of phosphoric acid groups is 1. The van der Waals surface area contributed by atoms with Gasteiger partial charge in [0, 0.05) is 11.8 Å². The molecule has 1 saturated heterocycles. The first-order valence-corrected chi connectivity index (χ1v) is 7.62. The third-order valence-corrected chi connectivity index (χ3v) is 5.30. The van der Waals surface area contributed by atoms with E-state index in [1.807, 2.05) is 6.92 Å². The second kappa shape index (κ2) is 4.13. The van der Waals surface area contributed by atoms with Gasteiger partial charge in [0.2, 0.25) is 0 Å². The molecule has 0 aromatic carbocycles. The highest BCUT2D eigenvalue weighted by atomic mass is 35.5. The van der Waals surface area contributed by atoms with Crippen LogP contribution in [0.2, 0.25) is 0 Å². The maximum Gasteiger partial charge on any atom is 0.530 e. The van der Waals surface area contributed by atoms with Gasteiger partial charge in [-0.15, -0.1) is 0 Å². The van der Waals surface area contributed by atoms with Gasteiger partial charge in [0.05, 0.1) is 17.7 Å². The Bertz CT molecular complexity index is 445. The van der Waals surface area contributed by atoms with E-state index in [4.69, 9.17) is 25.2 Å². The van der Waals surface area contributed by atoms with E-state index in [9.17, 15) is 4.57 Å². The van der Waals surface area contributed by atoms with E-state index in [0.29, 0.717) is 17.4 Å². The molecule has 0 bridgehead atoms. The fraction of sp³-hybridized carbons (Fsp3) is 0.636. The topological polar surface area (TPSA) is 44.8 Å². The van der Waals surface area contributed by atoms with E-state index in [1.165, 1.54) is 0 Å². The molecule has 0 aromatic heterocycles.